The second-order valence-corrected chi connectivity index (χ2v) is 4.30. The van der Waals surface area contributed by atoms with E-state index in [9.17, 15) is 13.6 Å². The van der Waals surface area contributed by atoms with Gasteiger partial charge in [0.2, 0.25) is 0 Å². The zero-order valence-electron chi connectivity index (χ0n) is 9.88. The van der Waals surface area contributed by atoms with Crippen LogP contribution in [0.3, 0.4) is 0 Å². The van der Waals surface area contributed by atoms with Crippen LogP contribution in [0.4, 0.5) is 14.5 Å². The maximum absolute atomic E-state index is 13.6. The van der Waals surface area contributed by atoms with Crippen LogP contribution in [-0.4, -0.2) is 10.9 Å². The zero-order valence-corrected chi connectivity index (χ0v) is 10.6. The second-order valence-electron chi connectivity index (χ2n) is 3.89. The topological polar surface area (TPSA) is 42.0 Å². The lowest BCUT2D eigenvalue weighted by atomic mass is 10.2. The molecule has 1 heterocycles. The lowest BCUT2D eigenvalue weighted by Crippen LogP contribution is -2.14. The Kier molecular flexibility index (Phi) is 3.76. The number of halogens is 3. The molecule has 3 nitrogen and oxygen atoms in total. The standard InChI is InChI=1S/C13H9ClF2N2O/c1-7-4-11(16)12(5-10(7)15)18-13(19)8-6-17-3-2-9(8)14/h2-6H,1H3,(H,18,19). The number of hydrogen-bond donors (Lipinski definition) is 1. The molecule has 0 spiro atoms. The highest BCUT2D eigenvalue weighted by Crippen LogP contribution is 2.21. The van der Waals surface area contributed by atoms with Crippen molar-refractivity contribution in [2.45, 2.75) is 6.92 Å². The van der Waals surface area contributed by atoms with E-state index >= 15 is 0 Å². The summed E-state index contributed by atoms with van der Waals surface area (Å²) in [6, 6.07) is 3.37. The maximum Gasteiger partial charge on any atom is 0.258 e. The van der Waals surface area contributed by atoms with Crippen molar-refractivity contribution < 1.29 is 13.6 Å². The highest BCUT2D eigenvalue weighted by atomic mass is 35.5. The first-order chi connectivity index (χ1) is 8.99. The van der Waals surface area contributed by atoms with Gasteiger partial charge in [0.1, 0.15) is 11.6 Å². The summed E-state index contributed by atoms with van der Waals surface area (Å²) in [5.74, 6) is -1.97. The van der Waals surface area contributed by atoms with Gasteiger partial charge in [0.25, 0.3) is 5.91 Å². The van der Waals surface area contributed by atoms with E-state index in [2.05, 4.69) is 10.3 Å². The van der Waals surface area contributed by atoms with E-state index in [1.807, 2.05) is 0 Å². The molecule has 0 bridgehead atoms. The van der Waals surface area contributed by atoms with E-state index in [0.717, 1.165) is 12.1 Å². The summed E-state index contributed by atoms with van der Waals surface area (Å²) in [6.07, 6.45) is 2.67. The van der Waals surface area contributed by atoms with Gasteiger partial charge in [-0.2, -0.15) is 0 Å². The number of amides is 1. The van der Waals surface area contributed by atoms with Crippen molar-refractivity contribution >= 4 is 23.2 Å². The number of anilines is 1. The van der Waals surface area contributed by atoms with Crippen LogP contribution in [0, 0.1) is 18.6 Å². The van der Waals surface area contributed by atoms with Crippen LogP contribution in [0.2, 0.25) is 5.02 Å². The summed E-state index contributed by atoms with van der Waals surface area (Å²) in [5.41, 5.74) is 0.00692. The number of rotatable bonds is 2. The molecule has 6 heteroatoms. The molecule has 0 saturated heterocycles. The third-order valence-electron chi connectivity index (χ3n) is 2.51. The number of aryl methyl sites for hydroxylation is 1. The number of aromatic nitrogens is 1. The van der Waals surface area contributed by atoms with Crippen molar-refractivity contribution in [3.63, 3.8) is 0 Å². The molecule has 0 unspecified atom stereocenters. The van der Waals surface area contributed by atoms with Crippen LogP contribution < -0.4 is 5.32 Å². The highest BCUT2D eigenvalue weighted by Gasteiger charge is 2.14. The molecule has 1 amide bonds. The minimum absolute atomic E-state index is 0.0875. The zero-order chi connectivity index (χ0) is 14.0. The third kappa shape index (κ3) is 2.88. The van der Waals surface area contributed by atoms with Crippen LogP contribution >= 0.6 is 11.6 Å². The minimum atomic E-state index is -0.715. The van der Waals surface area contributed by atoms with Crippen molar-refractivity contribution in [1.29, 1.82) is 0 Å². The number of hydrogen-bond acceptors (Lipinski definition) is 2. The molecule has 0 aliphatic heterocycles. The molecular weight excluding hydrogens is 274 g/mol. The quantitative estimate of drug-likeness (QED) is 0.915. The van der Waals surface area contributed by atoms with Crippen molar-refractivity contribution in [3.05, 3.63) is 58.4 Å². The van der Waals surface area contributed by atoms with Crippen LogP contribution in [0.1, 0.15) is 15.9 Å². The second kappa shape index (κ2) is 5.32. The van der Waals surface area contributed by atoms with Crippen molar-refractivity contribution in [1.82, 2.24) is 4.98 Å². The summed E-state index contributed by atoms with van der Waals surface area (Å²) in [7, 11) is 0. The van der Waals surface area contributed by atoms with Crippen LogP contribution in [0.5, 0.6) is 0 Å². The normalized spacial score (nSPS) is 10.3. The van der Waals surface area contributed by atoms with E-state index in [0.29, 0.717) is 0 Å². The number of nitrogens with zero attached hydrogens (tertiary/aromatic N) is 1. The van der Waals surface area contributed by atoms with Crippen LogP contribution in [0.25, 0.3) is 0 Å². The number of pyridine rings is 1. The Morgan fingerprint density at radius 3 is 2.74 bits per heavy atom. The molecule has 2 aromatic rings. The molecule has 0 saturated carbocycles. The predicted octanol–water partition coefficient (Wildman–Crippen LogP) is 3.57. The van der Waals surface area contributed by atoms with Gasteiger partial charge in [-0.05, 0) is 24.6 Å². The average molecular weight is 283 g/mol. The molecule has 0 aliphatic carbocycles. The molecule has 98 valence electrons. The molecule has 0 atom stereocenters. The lowest BCUT2D eigenvalue weighted by Gasteiger charge is -2.08. The first-order valence-corrected chi connectivity index (χ1v) is 5.73. The molecule has 0 fully saturated rings. The summed E-state index contributed by atoms with van der Waals surface area (Å²) in [6.45, 7) is 1.43. The van der Waals surface area contributed by atoms with E-state index < -0.39 is 17.5 Å². The fourth-order valence-electron chi connectivity index (χ4n) is 1.48. The first kappa shape index (κ1) is 13.4. The Bertz CT molecular complexity index is 647. The van der Waals surface area contributed by atoms with Crippen molar-refractivity contribution in [3.8, 4) is 0 Å². The highest BCUT2D eigenvalue weighted by molar-refractivity contribution is 6.34. The summed E-state index contributed by atoms with van der Waals surface area (Å²) in [4.78, 5) is 15.6. The molecule has 1 aromatic heterocycles. The smallest absolute Gasteiger partial charge is 0.258 e. The maximum atomic E-state index is 13.6. The van der Waals surface area contributed by atoms with Crippen LogP contribution in [0.15, 0.2) is 30.6 Å². The van der Waals surface area contributed by atoms with Crippen molar-refractivity contribution in [2.24, 2.45) is 0 Å². The van der Waals surface area contributed by atoms with Gasteiger partial charge in [-0.1, -0.05) is 11.6 Å². The SMILES string of the molecule is Cc1cc(F)c(NC(=O)c2cnccc2Cl)cc1F. The molecule has 0 radical (unpaired) electrons. The van der Waals surface area contributed by atoms with Crippen LogP contribution in [-0.2, 0) is 0 Å². The summed E-state index contributed by atoms with van der Waals surface area (Å²) in [5, 5.41) is 2.44. The fraction of sp³-hybridized carbons (Fsp3) is 0.0769. The molecule has 0 aliphatic rings. The van der Waals surface area contributed by atoms with Gasteiger partial charge in [0.15, 0.2) is 0 Å². The summed E-state index contributed by atoms with van der Waals surface area (Å²) >= 11 is 5.81. The molecule has 19 heavy (non-hydrogen) atoms. The predicted molar refractivity (Wildman–Crippen MR) is 68.3 cm³/mol. The van der Waals surface area contributed by atoms with Crippen molar-refractivity contribution in [2.75, 3.05) is 5.32 Å². The Hall–Kier alpha value is -2.01. The Balaban J connectivity index is 2.30. The van der Waals surface area contributed by atoms with Gasteiger partial charge >= 0.3 is 0 Å². The van der Waals surface area contributed by atoms with E-state index in [1.54, 1.807) is 0 Å². The average Bonchev–Trinajstić information content (AvgIpc) is 2.36. The minimum Gasteiger partial charge on any atom is -0.319 e. The third-order valence-corrected chi connectivity index (χ3v) is 2.84. The van der Waals surface area contributed by atoms with Gasteiger partial charge in [-0.3, -0.25) is 9.78 Å². The first-order valence-electron chi connectivity index (χ1n) is 5.35. The van der Waals surface area contributed by atoms with Gasteiger partial charge in [-0.15, -0.1) is 0 Å². The van der Waals surface area contributed by atoms with E-state index in [4.69, 9.17) is 11.6 Å². The van der Waals surface area contributed by atoms with Gasteiger partial charge in [-0.25, -0.2) is 8.78 Å². The molecule has 2 rings (SSSR count). The van der Waals surface area contributed by atoms with E-state index in [-0.39, 0.29) is 21.8 Å². The Labute approximate surface area is 113 Å². The molecule has 1 N–H and O–H groups in total. The largest absolute Gasteiger partial charge is 0.319 e. The number of benzene rings is 1. The monoisotopic (exact) mass is 282 g/mol. The molecule has 1 aromatic carbocycles. The molecular formula is C13H9ClF2N2O. The van der Waals surface area contributed by atoms with Gasteiger partial charge in [0.05, 0.1) is 16.3 Å². The fourth-order valence-corrected chi connectivity index (χ4v) is 1.67. The lowest BCUT2D eigenvalue weighted by molar-refractivity contribution is 0.102. The Morgan fingerprint density at radius 2 is 2.05 bits per heavy atom. The Morgan fingerprint density at radius 1 is 1.32 bits per heavy atom. The number of nitrogens with one attached hydrogen (secondary N) is 1. The number of carbonyl (C=O) groups is 1. The summed E-state index contributed by atoms with van der Waals surface area (Å²) < 4.78 is 26.9. The number of carbonyl (C=O) groups excluding carboxylic acids is 1. The van der Waals surface area contributed by atoms with Gasteiger partial charge in [0, 0.05) is 18.5 Å². The van der Waals surface area contributed by atoms with Gasteiger partial charge < -0.3 is 5.32 Å². The van der Waals surface area contributed by atoms with E-state index in [1.165, 1.54) is 25.4 Å².